The lowest BCUT2D eigenvalue weighted by molar-refractivity contribution is 0.171. The van der Waals surface area contributed by atoms with Crippen molar-refractivity contribution in [1.82, 2.24) is 0 Å². The van der Waals surface area contributed by atoms with E-state index in [0.717, 1.165) is 24.2 Å². The monoisotopic (exact) mass is 279 g/mol. The molecule has 0 fully saturated rings. The largest absolute Gasteiger partial charge is 0.474 e. The summed E-state index contributed by atoms with van der Waals surface area (Å²) >= 11 is 0. The Morgan fingerprint density at radius 1 is 1.24 bits per heavy atom. The van der Waals surface area contributed by atoms with Crippen molar-refractivity contribution in [1.29, 1.82) is 0 Å². The standard InChI is InChI=1S/C18H17NO2/c1-12-5-2-3-7-14(12)15-9-13-6-4-8-20-17(13)16-10-19-11-21-18(15)16/h2-5,7-8,10-11,15,18H,6,9H2,1H3. The third kappa shape index (κ3) is 2.00. The van der Waals surface area contributed by atoms with Gasteiger partial charge in [0.15, 0.2) is 6.40 Å². The average Bonchev–Trinajstić information content (AvgIpc) is 2.55. The number of allylic oxidation sites excluding steroid dienone is 2. The molecule has 2 unspecified atom stereocenters. The number of rotatable bonds is 1. The zero-order valence-electron chi connectivity index (χ0n) is 12.0. The average molecular weight is 279 g/mol. The van der Waals surface area contributed by atoms with E-state index in [0.29, 0.717) is 5.92 Å². The predicted molar refractivity (Wildman–Crippen MR) is 81.9 cm³/mol. The molecule has 0 radical (unpaired) electrons. The molecule has 1 aromatic carbocycles. The predicted octanol–water partition coefficient (Wildman–Crippen LogP) is 3.98. The first-order valence-electron chi connectivity index (χ1n) is 7.31. The summed E-state index contributed by atoms with van der Waals surface area (Å²) in [6.07, 6.45) is 9.18. The molecular weight excluding hydrogens is 262 g/mol. The van der Waals surface area contributed by atoms with Crippen LogP contribution in [0.3, 0.4) is 0 Å². The van der Waals surface area contributed by atoms with Crippen LogP contribution in [-0.2, 0) is 9.47 Å². The molecule has 3 aliphatic rings. The third-order valence-electron chi connectivity index (χ3n) is 4.44. The highest BCUT2D eigenvalue weighted by Crippen LogP contribution is 2.45. The number of ether oxygens (including phenoxy) is 2. The van der Waals surface area contributed by atoms with E-state index >= 15 is 0 Å². The van der Waals surface area contributed by atoms with Gasteiger partial charge in [0, 0.05) is 12.1 Å². The number of aliphatic imine (C=N–C) groups is 1. The fraction of sp³-hybridized carbons (Fsp3) is 0.278. The van der Waals surface area contributed by atoms with Crippen molar-refractivity contribution in [2.45, 2.75) is 31.8 Å². The molecule has 1 aromatic rings. The van der Waals surface area contributed by atoms with Crippen molar-refractivity contribution in [2.24, 2.45) is 4.99 Å². The van der Waals surface area contributed by atoms with Crippen LogP contribution in [0.25, 0.3) is 0 Å². The lowest BCUT2D eigenvalue weighted by Crippen LogP contribution is -2.32. The molecule has 2 aliphatic heterocycles. The highest BCUT2D eigenvalue weighted by molar-refractivity contribution is 5.56. The first kappa shape index (κ1) is 12.5. The Hall–Kier alpha value is -2.29. The van der Waals surface area contributed by atoms with Crippen LogP contribution in [0, 0.1) is 6.92 Å². The number of hydrogen-bond acceptors (Lipinski definition) is 3. The summed E-state index contributed by atoms with van der Waals surface area (Å²) in [5, 5.41) is 0. The first-order valence-corrected chi connectivity index (χ1v) is 7.31. The lowest BCUT2D eigenvalue weighted by Gasteiger charge is -2.37. The van der Waals surface area contributed by atoms with Crippen LogP contribution < -0.4 is 0 Å². The SMILES string of the molecule is Cc1ccccc1C1CC2=C(OC=CC2)C2=CN=COC21. The van der Waals surface area contributed by atoms with E-state index in [1.165, 1.54) is 16.7 Å². The molecule has 0 bridgehead atoms. The van der Waals surface area contributed by atoms with Crippen molar-refractivity contribution in [3.8, 4) is 0 Å². The van der Waals surface area contributed by atoms with Crippen molar-refractivity contribution in [3.05, 3.63) is 70.8 Å². The highest BCUT2D eigenvalue weighted by Gasteiger charge is 2.39. The highest BCUT2D eigenvalue weighted by atomic mass is 16.5. The van der Waals surface area contributed by atoms with Crippen molar-refractivity contribution in [3.63, 3.8) is 0 Å². The number of benzene rings is 1. The first-order chi connectivity index (χ1) is 10.3. The molecule has 0 saturated carbocycles. The van der Waals surface area contributed by atoms with Gasteiger partial charge < -0.3 is 9.47 Å². The van der Waals surface area contributed by atoms with Crippen molar-refractivity contribution < 1.29 is 9.47 Å². The summed E-state index contributed by atoms with van der Waals surface area (Å²) in [5.41, 5.74) is 5.07. The third-order valence-corrected chi connectivity index (χ3v) is 4.44. The smallest absolute Gasteiger partial charge is 0.174 e. The summed E-state index contributed by atoms with van der Waals surface area (Å²) in [6, 6.07) is 8.55. The van der Waals surface area contributed by atoms with E-state index in [4.69, 9.17) is 9.47 Å². The van der Waals surface area contributed by atoms with Crippen molar-refractivity contribution in [2.75, 3.05) is 0 Å². The van der Waals surface area contributed by atoms with E-state index in [-0.39, 0.29) is 6.10 Å². The van der Waals surface area contributed by atoms with E-state index in [9.17, 15) is 0 Å². The van der Waals surface area contributed by atoms with Crippen LogP contribution in [-0.4, -0.2) is 12.5 Å². The van der Waals surface area contributed by atoms with Gasteiger partial charge in [-0.15, -0.1) is 0 Å². The molecule has 0 N–H and O–H groups in total. The minimum Gasteiger partial charge on any atom is -0.474 e. The Morgan fingerprint density at radius 2 is 2.14 bits per heavy atom. The molecule has 0 saturated heterocycles. The molecule has 21 heavy (non-hydrogen) atoms. The fourth-order valence-corrected chi connectivity index (χ4v) is 3.44. The summed E-state index contributed by atoms with van der Waals surface area (Å²) in [5.74, 6) is 1.28. The summed E-state index contributed by atoms with van der Waals surface area (Å²) in [6.45, 7) is 2.16. The van der Waals surface area contributed by atoms with E-state index in [1.54, 1.807) is 12.7 Å². The van der Waals surface area contributed by atoms with Gasteiger partial charge in [0.1, 0.15) is 11.9 Å². The number of nitrogens with zero attached hydrogens (tertiary/aromatic N) is 1. The summed E-state index contributed by atoms with van der Waals surface area (Å²) < 4.78 is 11.6. The maximum absolute atomic E-state index is 5.85. The number of hydrogen-bond donors (Lipinski definition) is 0. The van der Waals surface area contributed by atoms with Crippen LogP contribution in [0.2, 0.25) is 0 Å². The quantitative estimate of drug-likeness (QED) is 0.778. The molecule has 0 aromatic heterocycles. The van der Waals surface area contributed by atoms with Crippen LogP contribution in [0.5, 0.6) is 0 Å². The second kappa shape index (κ2) is 4.92. The molecule has 2 atom stereocenters. The fourth-order valence-electron chi connectivity index (χ4n) is 3.44. The van der Waals surface area contributed by atoms with Gasteiger partial charge in [-0.1, -0.05) is 24.3 Å². The van der Waals surface area contributed by atoms with Gasteiger partial charge in [-0.3, -0.25) is 0 Å². The molecule has 3 heteroatoms. The molecule has 0 spiro atoms. The van der Waals surface area contributed by atoms with Gasteiger partial charge in [0.2, 0.25) is 0 Å². The maximum atomic E-state index is 5.85. The van der Waals surface area contributed by atoms with E-state index in [2.05, 4.69) is 42.3 Å². The van der Waals surface area contributed by atoms with Gasteiger partial charge in [-0.05, 0) is 42.5 Å². The molecule has 2 heterocycles. The summed E-state index contributed by atoms with van der Waals surface area (Å²) in [7, 11) is 0. The molecule has 3 nitrogen and oxygen atoms in total. The van der Waals surface area contributed by atoms with Crippen LogP contribution in [0.15, 0.2) is 64.7 Å². The molecule has 106 valence electrons. The van der Waals surface area contributed by atoms with Crippen molar-refractivity contribution >= 4 is 6.40 Å². The Balaban J connectivity index is 1.81. The zero-order valence-corrected chi connectivity index (χ0v) is 12.0. The minimum absolute atomic E-state index is 0.00569. The molecule has 4 rings (SSSR count). The second-order valence-electron chi connectivity index (χ2n) is 5.69. The molecule has 1 aliphatic carbocycles. The lowest BCUT2D eigenvalue weighted by atomic mass is 9.75. The minimum atomic E-state index is -0.00569. The number of fused-ring (bicyclic) bond motifs is 2. The maximum Gasteiger partial charge on any atom is 0.174 e. The molecular formula is C18H17NO2. The Labute approximate surface area is 124 Å². The van der Waals surface area contributed by atoms with Gasteiger partial charge >= 0.3 is 0 Å². The van der Waals surface area contributed by atoms with E-state index < -0.39 is 0 Å². The van der Waals surface area contributed by atoms with E-state index in [1.807, 2.05) is 6.20 Å². The molecule has 0 amide bonds. The normalized spacial score (nSPS) is 26.4. The van der Waals surface area contributed by atoms with Gasteiger partial charge in [0.05, 0.1) is 11.8 Å². The summed E-state index contributed by atoms with van der Waals surface area (Å²) in [4.78, 5) is 4.16. The van der Waals surface area contributed by atoms with Crippen LogP contribution >= 0.6 is 0 Å². The Bertz CT molecular complexity index is 697. The Kier molecular flexibility index (Phi) is 2.92. The topological polar surface area (TPSA) is 30.8 Å². The van der Waals surface area contributed by atoms with Gasteiger partial charge in [0.25, 0.3) is 0 Å². The Morgan fingerprint density at radius 3 is 3.05 bits per heavy atom. The van der Waals surface area contributed by atoms with Gasteiger partial charge in [-0.2, -0.15) is 0 Å². The number of aryl methyl sites for hydroxylation is 1. The van der Waals surface area contributed by atoms with Crippen LogP contribution in [0.1, 0.15) is 29.9 Å². The second-order valence-corrected chi connectivity index (χ2v) is 5.69. The van der Waals surface area contributed by atoms with Crippen LogP contribution in [0.4, 0.5) is 0 Å². The van der Waals surface area contributed by atoms with Gasteiger partial charge in [-0.25, -0.2) is 4.99 Å². The zero-order chi connectivity index (χ0) is 14.2.